The second-order valence-electron chi connectivity index (χ2n) is 9.58. The van der Waals surface area contributed by atoms with E-state index in [1.165, 1.54) is 25.4 Å². The highest BCUT2D eigenvalue weighted by atomic mass is 32.1. The number of amides is 2. The number of ether oxygens (including phenoxy) is 2. The van der Waals surface area contributed by atoms with Crippen LogP contribution < -0.4 is 10.6 Å². The molecule has 0 saturated heterocycles. The molecule has 37 heavy (non-hydrogen) atoms. The molecule has 0 atom stereocenters. The van der Waals surface area contributed by atoms with Gasteiger partial charge >= 0.3 is 12.1 Å². The molecule has 1 heterocycles. The third-order valence-corrected chi connectivity index (χ3v) is 6.40. The third-order valence-electron chi connectivity index (χ3n) is 5.33. The van der Waals surface area contributed by atoms with E-state index in [-0.39, 0.29) is 11.9 Å². The Hall–Kier alpha value is -3.72. The zero-order valence-corrected chi connectivity index (χ0v) is 22.7. The number of anilines is 2. The fourth-order valence-corrected chi connectivity index (χ4v) is 4.65. The average Bonchev–Trinajstić information content (AvgIpc) is 3.21. The van der Waals surface area contributed by atoms with E-state index in [2.05, 4.69) is 15.6 Å². The Morgan fingerprint density at radius 2 is 1.46 bits per heavy atom. The predicted octanol–water partition coefficient (Wildman–Crippen LogP) is 5.81. The molecule has 0 saturated carbocycles. The van der Waals surface area contributed by atoms with Gasteiger partial charge in [0.25, 0.3) is 0 Å². The first-order valence-corrected chi connectivity index (χ1v) is 12.9. The van der Waals surface area contributed by atoms with Crippen molar-refractivity contribution in [1.29, 1.82) is 0 Å². The van der Waals surface area contributed by atoms with Crippen molar-refractivity contribution < 1.29 is 23.9 Å². The van der Waals surface area contributed by atoms with Gasteiger partial charge in [0.05, 0.1) is 18.4 Å². The number of nitrogens with one attached hydrogen (secondary N) is 2. The van der Waals surface area contributed by atoms with Crippen LogP contribution in [0.25, 0.3) is 0 Å². The minimum atomic E-state index is -0.558. The molecular weight excluding hydrogens is 490 g/mol. The summed E-state index contributed by atoms with van der Waals surface area (Å²) in [6.07, 6.45) is 2.53. The van der Waals surface area contributed by atoms with Crippen LogP contribution in [-0.4, -0.2) is 35.7 Å². The molecule has 0 spiro atoms. The summed E-state index contributed by atoms with van der Waals surface area (Å²) < 4.78 is 10.0. The van der Waals surface area contributed by atoms with Crippen LogP contribution in [0.2, 0.25) is 0 Å². The molecule has 2 amide bonds. The number of aryl methyl sites for hydroxylation is 4. The number of benzene rings is 2. The summed E-state index contributed by atoms with van der Waals surface area (Å²) in [7, 11) is 1.36. The van der Waals surface area contributed by atoms with Crippen LogP contribution in [0.1, 0.15) is 59.8 Å². The van der Waals surface area contributed by atoms with Gasteiger partial charge in [-0.3, -0.25) is 10.1 Å². The molecule has 196 valence electrons. The second kappa shape index (κ2) is 12.5. The van der Waals surface area contributed by atoms with Gasteiger partial charge in [-0.15, -0.1) is 11.3 Å². The maximum atomic E-state index is 12.0. The first-order valence-electron chi connectivity index (χ1n) is 12.0. The Balaban J connectivity index is 1.63. The van der Waals surface area contributed by atoms with Gasteiger partial charge in [0, 0.05) is 17.5 Å². The van der Waals surface area contributed by atoms with Crippen molar-refractivity contribution in [2.75, 3.05) is 17.7 Å². The molecule has 0 radical (unpaired) electrons. The van der Waals surface area contributed by atoms with Crippen LogP contribution in [-0.2, 0) is 40.0 Å². The van der Waals surface area contributed by atoms with Crippen molar-refractivity contribution >= 4 is 40.1 Å². The van der Waals surface area contributed by atoms with Crippen molar-refractivity contribution in [2.24, 2.45) is 0 Å². The van der Waals surface area contributed by atoms with Gasteiger partial charge < -0.3 is 14.8 Å². The van der Waals surface area contributed by atoms with Gasteiger partial charge in [-0.25, -0.2) is 14.6 Å². The molecule has 0 aliphatic rings. The standard InChI is InChI=1S/C28H33N3O5S/c1-18(32)29-26-31-23(24(37-26)17-11-19-6-12-21(13-7-19)25(33)35-5)16-10-20-8-14-22(15-9-20)30-27(34)36-28(2,3)4/h6-9,12-15H,10-11,16-17H2,1-5H3,(H,30,34)(H,29,31,32). The molecular formula is C28H33N3O5S. The van der Waals surface area contributed by atoms with Gasteiger partial charge in [-0.1, -0.05) is 24.3 Å². The Morgan fingerprint density at radius 3 is 2.03 bits per heavy atom. The van der Waals surface area contributed by atoms with E-state index >= 15 is 0 Å². The number of thiazole rings is 1. The number of carbonyl (C=O) groups excluding carboxylic acids is 3. The number of hydrogen-bond donors (Lipinski definition) is 2. The lowest BCUT2D eigenvalue weighted by Gasteiger charge is -2.19. The first kappa shape index (κ1) is 27.9. The number of nitrogens with zero attached hydrogens (tertiary/aromatic N) is 1. The van der Waals surface area contributed by atoms with Gasteiger partial charge in [-0.05, 0) is 81.8 Å². The monoisotopic (exact) mass is 523 g/mol. The summed E-state index contributed by atoms with van der Waals surface area (Å²) in [6, 6.07) is 15.0. The molecule has 1 aromatic heterocycles. The smallest absolute Gasteiger partial charge is 0.412 e. The van der Waals surface area contributed by atoms with Crippen molar-refractivity contribution in [2.45, 2.75) is 59.0 Å². The summed E-state index contributed by atoms with van der Waals surface area (Å²) in [4.78, 5) is 41.0. The largest absolute Gasteiger partial charge is 0.465 e. The highest BCUT2D eigenvalue weighted by Crippen LogP contribution is 2.26. The number of hydrogen-bond acceptors (Lipinski definition) is 7. The molecule has 8 nitrogen and oxygen atoms in total. The highest BCUT2D eigenvalue weighted by Gasteiger charge is 2.16. The Labute approximate surface area is 221 Å². The van der Waals surface area contributed by atoms with Crippen LogP contribution >= 0.6 is 11.3 Å². The molecule has 0 aliphatic heterocycles. The first-order chi connectivity index (χ1) is 17.5. The van der Waals surface area contributed by atoms with Crippen LogP contribution in [0, 0.1) is 0 Å². The van der Waals surface area contributed by atoms with Gasteiger partial charge in [-0.2, -0.15) is 0 Å². The van der Waals surface area contributed by atoms with Crippen LogP contribution in [0.4, 0.5) is 15.6 Å². The number of methoxy groups -OCH3 is 1. The van der Waals surface area contributed by atoms with Crippen LogP contribution in [0.5, 0.6) is 0 Å². The lowest BCUT2D eigenvalue weighted by Crippen LogP contribution is -2.27. The fourth-order valence-electron chi connectivity index (χ4n) is 3.60. The molecule has 0 bridgehead atoms. The predicted molar refractivity (Wildman–Crippen MR) is 145 cm³/mol. The molecule has 2 aromatic carbocycles. The molecule has 3 rings (SSSR count). The maximum Gasteiger partial charge on any atom is 0.412 e. The topological polar surface area (TPSA) is 107 Å². The second-order valence-corrected chi connectivity index (χ2v) is 10.7. The SMILES string of the molecule is COC(=O)c1ccc(CCc2sc(NC(C)=O)nc2CCc2ccc(NC(=O)OC(C)(C)C)cc2)cc1. The summed E-state index contributed by atoms with van der Waals surface area (Å²) in [5, 5.41) is 6.13. The van der Waals surface area contributed by atoms with Crippen LogP contribution in [0.3, 0.4) is 0 Å². The zero-order chi connectivity index (χ0) is 27.0. The molecule has 3 aromatic rings. The lowest BCUT2D eigenvalue weighted by atomic mass is 10.0. The molecule has 0 unspecified atom stereocenters. The number of esters is 1. The summed E-state index contributed by atoms with van der Waals surface area (Å²) in [5.41, 5.74) is 3.78. The van der Waals surface area contributed by atoms with Crippen molar-refractivity contribution in [3.8, 4) is 0 Å². The Bertz CT molecular complexity index is 1230. The number of aromatic nitrogens is 1. The quantitative estimate of drug-likeness (QED) is 0.343. The van der Waals surface area contributed by atoms with Gasteiger partial charge in [0.2, 0.25) is 5.91 Å². The van der Waals surface area contributed by atoms with E-state index in [9.17, 15) is 14.4 Å². The fraction of sp³-hybridized carbons (Fsp3) is 0.357. The molecule has 9 heteroatoms. The van der Waals surface area contributed by atoms with E-state index in [1.54, 1.807) is 12.1 Å². The highest BCUT2D eigenvalue weighted by molar-refractivity contribution is 7.15. The van der Waals surface area contributed by atoms with E-state index in [0.717, 1.165) is 41.0 Å². The van der Waals surface area contributed by atoms with E-state index in [0.29, 0.717) is 22.8 Å². The van der Waals surface area contributed by atoms with E-state index in [1.807, 2.05) is 57.2 Å². The van der Waals surface area contributed by atoms with E-state index in [4.69, 9.17) is 9.47 Å². The van der Waals surface area contributed by atoms with E-state index < -0.39 is 11.7 Å². The average molecular weight is 524 g/mol. The molecule has 0 fully saturated rings. The number of rotatable bonds is 9. The van der Waals surface area contributed by atoms with Gasteiger partial charge in [0.15, 0.2) is 5.13 Å². The third kappa shape index (κ3) is 9.02. The summed E-state index contributed by atoms with van der Waals surface area (Å²) >= 11 is 1.49. The summed E-state index contributed by atoms with van der Waals surface area (Å²) in [5.74, 6) is -0.511. The summed E-state index contributed by atoms with van der Waals surface area (Å²) in [6.45, 7) is 6.93. The minimum absolute atomic E-state index is 0.154. The van der Waals surface area contributed by atoms with Crippen LogP contribution in [0.15, 0.2) is 48.5 Å². The minimum Gasteiger partial charge on any atom is -0.465 e. The lowest BCUT2D eigenvalue weighted by molar-refractivity contribution is -0.114. The Morgan fingerprint density at radius 1 is 0.865 bits per heavy atom. The van der Waals surface area contributed by atoms with Crippen molar-refractivity contribution in [3.05, 3.63) is 75.8 Å². The maximum absolute atomic E-state index is 12.0. The normalized spacial score (nSPS) is 11.1. The van der Waals surface area contributed by atoms with Crippen molar-refractivity contribution in [3.63, 3.8) is 0 Å². The van der Waals surface area contributed by atoms with Crippen molar-refractivity contribution in [1.82, 2.24) is 4.98 Å². The zero-order valence-electron chi connectivity index (χ0n) is 21.8. The number of carbonyl (C=O) groups is 3. The Kier molecular flexibility index (Phi) is 9.41. The molecule has 2 N–H and O–H groups in total. The molecule has 0 aliphatic carbocycles. The van der Waals surface area contributed by atoms with Gasteiger partial charge in [0.1, 0.15) is 5.60 Å².